The monoisotopic (exact) mass is 295 g/mol. The van der Waals surface area contributed by atoms with Gasteiger partial charge in [0.1, 0.15) is 16.7 Å². The highest BCUT2D eigenvalue weighted by Crippen LogP contribution is 2.16. The highest BCUT2D eigenvalue weighted by atomic mass is 35.5. The van der Waals surface area contributed by atoms with Crippen LogP contribution in [-0.2, 0) is 0 Å². The average molecular weight is 296 g/mol. The number of carboxylic acid groups (broad SMARTS) is 1. The lowest BCUT2D eigenvalue weighted by Gasteiger charge is -2.06. The van der Waals surface area contributed by atoms with Crippen LogP contribution in [0.5, 0.6) is 0 Å². The Kier molecular flexibility index (Phi) is 3.90. The van der Waals surface area contributed by atoms with E-state index in [2.05, 4.69) is 15.3 Å². The largest absolute Gasteiger partial charge is 0.478 e. The first-order valence-corrected chi connectivity index (χ1v) is 5.67. The van der Waals surface area contributed by atoms with Gasteiger partial charge in [-0.15, -0.1) is 0 Å². The summed E-state index contributed by atoms with van der Waals surface area (Å²) in [6.07, 6.45) is 2.42. The van der Waals surface area contributed by atoms with E-state index in [0.717, 1.165) is 12.1 Å². The van der Waals surface area contributed by atoms with Gasteiger partial charge in [-0.1, -0.05) is 11.6 Å². The molecule has 0 aliphatic carbocycles. The molecule has 0 bridgehead atoms. The molecule has 102 valence electrons. The van der Waals surface area contributed by atoms with Crippen LogP contribution in [0, 0.1) is 5.82 Å². The fraction of sp³-hybridized carbons (Fsp3) is 0. The van der Waals surface area contributed by atoms with Gasteiger partial charge in [0, 0.05) is 0 Å². The minimum Gasteiger partial charge on any atom is -0.478 e. The van der Waals surface area contributed by atoms with Crippen LogP contribution in [-0.4, -0.2) is 27.0 Å². The molecule has 8 heteroatoms. The number of anilines is 1. The second-order valence-corrected chi connectivity index (χ2v) is 4.07. The van der Waals surface area contributed by atoms with Gasteiger partial charge in [-0.3, -0.25) is 9.78 Å². The zero-order valence-corrected chi connectivity index (χ0v) is 10.6. The molecule has 1 aromatic heterocycles. The maximum absolute atomic E-state index is 13.6. The number of hydrogen-bond acceptors (Lipinski definition) is 4. The van der Waals surface area contributed by atoms with Crippen LogP contribution in [0.4, 0.5) is 10.1 Å². The summed E-state index contributed by atoms with van der Waals surface area (Å²) in [5.41, 5.74) is -0.468. The molecule has 0 aliphatic heterocycles. The normalized spacial score (nSPS) is 10.1. The Morgan fingerprint density at radius 1 is 1.30 bits per heavy atom. The molecule has 0 fully saturated rings. The molecule has 1 amide bonds. The molecule has 2 aromatic rings. The lowest BCUT2D eigenvalue weighted by molar-refractivity contribution is 0.0696. The molecule has 0 saturated carbocycles. The molecule has 1 heterocycles. The van der Waals surface area contributed by atoms with Crippen molar-refractivity contribution < 1.29 is 19.1 Å². The fourth-order valence-electron chi connectivity index (χ4n) is 1.39. The number of amides is 1. The summed E-state index contributed by atoms with van der Waals surface area (Å²) in [5, 5.41) is 11.0. The Morgan fingerprint density at radius 2 is 2.05 bits per heavy atom. The number of aromatic nitrogens is 2. The molecule has 0 saturated heterocycles. The molecule has 0 spiro atoms. The number of hydrogen-bond donors (Lipinski definition) is 2. The van der Waals surface area contributed by atoms with Crippen molar-refractivity contribution >= 4 is 29.2 Å². The highest BCUT2D eigenvalue weighted by Gasteiger charge is 2.13. The molecule has 0 radical (unpaired) electrons. The molecule has 0 aliphatic rings. The van der Waals surface area contributed by atoms with Crippen molar-refractivity contribution in [3.63, 3.8) is 0 Å². The summed E-state index contributed by atoms with van der Waals surface area (Å²) >= 11 is 5.59. The van der Waals surface area contributed by atoms with Crippen molar-refractivity contribution in [1.82, 2.24) is 9.97 Å². The van der Waals surface area contributed by atoms with Gasteiger partial charge in [-0.05, 0) is 18.2 Å². The van der Waals surface area contributed by atoms with Crippen molar-refractivity contribution in [2.75, 3.05) is 5.32 Å². The summed E-state index contributed by atoms with van der Waals surface area (Å²) in [5.74, 6) is -2.84. The van der Waals surface area contributed by atoms with Crippen LogP contribution < -0.4 is 5.32 Å². The lowest BCUT2D eigenvalue weighted by atomic mass is 10.2. The first-order chi connectivity index (χ1) is 9.47. The molecule has 0 atom stereocenters. The van der Waals surface area contributed by atoms with E-state index >= 15 is 0 Å². The standard InChI is InChI=1S/C12H7ClFN3O3/c13-10-5-15-4-9(16-10)11(18)17-8-2-1-6(12(19)20)3-7(8)14/h1-5H,(H,17,18)(H,19,20). The number of carbonyl (C=O) groups is 2. The fourth-order valence-corrected chi connectivity index (χ4v) is 1.53. The number of rotatable bonds is 3. The van der Waals surface area contributed by atoms with Gasteiger partial charge in [-0.2, -0.15) is 0 Å². The van der Waals surface area contributed by atoms with E-state index in [-0.39, 0.29) is 22.1 Å². The number of nitrogens with one attached hydrogen (secondary N) is 1. The highest BCUT2D eigenvalue weighted by molar-refractivity contribution is 6.29. The van der Waals surface area contributed by atoms with Crippen LogP contribution in [0.3, 0.4) is 0 Å². The van der Waals surface area contributed by atoms with Crippen LogP contribution in [0.2, 0.25) is 5.15 Å². The number of carboxylic acids is 1. The molecule has 6 nitrogen and oxygen atoms in total. The Morgan fingerprint density at radius 3 is 2.65 bits per heavy atom. The maximum atomic E-state index is 13.6. The Balaban J connectivity index is 2.22. The first-order valence-electron chi connectivity index (χ1n) is 5.29. The number of aromatic carboxylic acids is 1. The quantitative estimate of drug-likeness (QED) is 0.906. The van der Waals surface area contributed by atoms with E-state index in [1.807, 2.05) is 0 Å². The van der Waals surface area contributed by atoms with E-state index in [9.17, 15) is 14.0 Å². The molecular weight excluding hydrogens is 289 g/mol. The third-order valence-corrected chi connectivity index (χ3v) is 2.48. The summed E-state index contributed by atoms with van der Waals surface area (Å²) in [6, 6.07) is 3.13. The second kappa shape index (κ2) is 5.62. The van der Waals surface area contributed by atoms with Crippen molar-refractivity contribution in [3.05, 3.63) is 52.8 Å². The molecule has 0 unspecified atom stereocenters. The van der Waals surface area contributed by atoms with Crippen molar-refractivity contribution in [3.8, 4) is 0 Å². The van der Waals surface area contributed by atoms with E-state index in [1.165, 1.54) is 18.5 Å². The Hall–Kier alpha value is -2.54. The SMILES string of the molecule is O=C(O)c1ccc(NC(=O)c2cncc(Cl)n2)c(F)c1. The molecular formula is C12H7ClFN3O3. The van der Waals surface area contributed by atoms with Gasteiger partial charge in [0.15, 0.2) is 0 Å². The molecule has 2 N–H and O–H groups in total. The first kappa shape index (κ1) is 13.9. The van der Waals surface area contributed by atoms with E-state index in [4.69, 9.17) is 16.7 Å². The Bertz CT molecular complexity index is 693. The van der Waals surface area contributed by atoms with E-state index in [0.29, 0.717) is 0 Å². The van der Waals surface area contributed by atoms with E-state index < -0.39 is 17.7 Å². The average Bonchev–Trinajstić information content (AvgIpc) is 2.40. The van der Waals surface area contributed by atoms with Gasteiger partial charge in [0.2, 0.25) is 0 Å². The Labute approximate surface area is 117 Å². The van der Waals surface area contributed by atoms with Gasteiger partial charge in [0.05, 0.1) is 23.6 Å². The topological polar surface area (TPSA) is 92.2 Å². The van der Waals surface area contributed by atoms with Crippen LogP contribution >= 0.6 is 11.6 Å². The van der Waals surface area contributed by atoms with Crippen LogP contribution in [0.25, 0.3) is 0 Å². The molecule has 1 aromatic carbocycles. The predicted molar refractivity (Wildman–Crippen MR) is 68.4 cm³/mol. The summed E-state index contributed by atoms with van der Waals surface area (Å²) in [7, 11) is 0. The van der Waals surface area contributed by atoms with Gasteiger partial charge < -0.3 is 10.4 Å². The zero-order chi connectivity index (χ0) is 14.7. The van der Waals surface area contributed by atoms with Gasteiger partial charge in [0.25, 0.3) is 5.91 Å². The second-order valence-electron chi connectivity index (χ2n) is 3.68. The summed E-state index contributed by atoms with van der Waals surface area (Å²) in [6.45, 7) is 0. The zero-order valence-electron chi connectivity index (χ0n) is 9.80. The number of benzene rings is 1. The predicted octanol–water partition coefficient (Wildman–Crippen LogP) is 2.22. The smallest absolute Gasteiger partial charge is 0.335 e. The minimum absolute atomic E-state index is 0.0272. The van der Waals surface area contributed by atoms with Crippen LogP contribution in [0.1, 0.15) is 20.8 Å². The van der Waals surface area contributed by atoms with Crippen molar-refractivity contribution in [2.24, 2.45) is 0 Å². The maximum Gasteiger partial charge on any atom is 0.335 e. The summed E-state index contributed by atoms with van der Waals surface area (Å²) in [4.78, 5) is 29.8. The molecule has 20 heavy (non-hydrogen) atoms. The number of halogens is 2. The lowest BCUT2D eigenvalue weighted by Crippen LogP contribution is -2.15. The minimum atomic E-state index is -1.26. The number of carbonyl (C=O) groups excluding carboxylic acids is 1. The van der Waals surface area contributed by atoms with Crippen molar-refractivity contribution in [1.29, 1.82) is 0 Å². The van der Waals surface area contributed by atoms with E-state index in [1.54, 1.807) is 0 Å². The van der Waals surface area contributed by atoms with Crippen molar-refractivity contribution in [2.45, 2.75) is 0 Å². The van der Waals surface area contributed by atoms with Crippen LogP contribution in [0.15, 0.2) is 30.6 Å². The summed E-state index contributed by atoms with van der Waals surface area (Å²) < 4.78 is 13.6. The number of nitrogens with zero attached hydrogens (tertiary/aromatic N) is 2. The van der Waals surface area contributed by atoms with Gasteiger partial charge in [-0.25, -0.2) is 14.2 Å². The third-order valence-electron chi connectivity index (χ3n) is 2.30. The molecule has 2 rings (SSSR count). The van der Waals surface area contributed by atoms with Gasteiger partial charge >= 0.3 is 5.97 Å². The third kappa shape index (κ3) is 3.07.